The number of hydrazine groups is 1. The lowest BCUT2D eigenvalue weighted by molar-refractivity contribution is -0.191. The Labute approximate surface area is 142 Å². The number of carbonyl (C=O) groups is 1. The summed E-state index contributed by atoms with van der Waals surface area (Å²) in [6.45, 7) is 3.07. The molecule has 0 spiro atoms. The highest BCUT2D eigenvalue weighted by Gasteiger charge is 2.52. The van der Waals surface area contributed by atoms with Crippen LogP contribution in [0, 0.1) is 16.7 Å². The fraction of sp³-hybridized carbons (Fsp3) is 0.333. The zero-order chi connectivity index (χ0) is 18.4. The van der Waals surface area contributed by atoms with Crippen LogP contribution in [0.5, 0.6) is 0 Å². The third-order valence-electron chi connectivity index (χ3n) is 4.41. The van der Waals surface area contributed by atoms with Crippen molar-refractivity contribution in [3.05, 3.63) is 47.5 Å². The van der Waals surface area contributed by atoms with Gasteiger partial charge in [0, 0.05) is 12.1 Å². The first-order valence-electron chi connectivity index (χ1n) is 7.71. The van der Waals surface area contributed by atoms with Crippen LogP contribution in [0.4, 0.5) is 13.2 Å². The summed E-state index contributed by atoms with van der Waals surface area (Å²) >= 11 is 0. The highest BCUT2D eigenvalue weighted by molar-refractivity contribution is 5.88. The SMILES string of the molecule is CC1(C)CN([C@@H](c2c(C#N)ccc3ccccc23)C(F)(F)F)NC1=O. The van der Waals surface area contributed by atoms with Gasteiger partial charge in [0.15, 0.2) is 6.04 Å². The predicted molar refractivity (Wildman–Crippen MR) is 86.1 cm³/mol. The van der Waals surface area contributed by atoms with Crippen LogP contribution >= 0.6 is 0 Å². The van der Waals surface area contributed by atoms with Gasteiger partial charge in [0.05, 0.1) is 17.0 Å². The van der Waals surface area contributed by atoms with Crippen LogP contribution < -0.4 is 5.43 Å². The first kappa shape index (κ1) is 17.2. The van der Waals surface area contributed by atoms with Crippen molar-refractivity contribution in [1.82, 2.24) is 10.4 Å². The maximum atomic E-state index is 14.0. The lowest BCUT2D eigenvalue weighted by Gasteiger charge is -2.31. The smallest absolute Gasteiger partial charge is 0.287 e. The molecule has 4 nitrogen and oxygen atoms in total. The van der Waals surface area contributed by atoms with E-state index in [0.717, 1.165) is 5.01 Å². The summed E-state index contributed by atoms with van der Waals surface area (Å²) in [5.41, 5.74) is 1.20. The minimum atomic E-state index is -4.66. The summed E-state index contributed by atoms with van der Waals surface area (Å²) < 4.78 is 41.9. The molecule has 1 heterocycles. The topological polar surface area (TPSA) is 56.1 Å². The van der Waals surface area contributed by atoms with Gasteiger partial charge in [-0.15, -0.1) is 0 Å². The number of halogens is 3. The fourth-order valence-corrected chi connectivity index (χ4v) is 3.16. The minimum absolute atomic E-state index is 0.0556. The van der Waals surface area contributed by atoms with E-state index in [1.54, 1.807) is 44.2 Å². The summed E-state index contributed by atoms with van der Waals surface area (Å²) in [5.74, 6) is -0.472. The van der Waals surface area contributed by atoms with E-state index in [9.17, 15) is 23.2 Å². The standard InChI is InChI=1S/C18H16F3N3O/c1-17(2)10-24(23-16(17)25)15(18(19,20)21)14-12(9-22)8-7-11-5-3-4-6-13(11)14/h3-8,15H,10H2,1-2H3,(H,23,25)/t15-/m0/s1. The highest BCUT2D eigenvalue weighted by Crippen LogP contribution is 2.43. The molecule has 1 N–H and O–H groups in total. The Morgan fingerprint density at radius 3 is 2.48 bits per heavy atom. The van der Waals surface area contributed by atoms with E-state index in [4.69, 9.17) is 0 Å². The van der Waals surface area contributed by atoms with Gasteiger partial charge in [0.2, 0.25) is 5.91 Å². The van der Waals surface area contributed by atoms with E-state index in [1.807, 2.05) is 6.07 Å². The Kier molecular flexibility index (Phi) is 3.96. The first-order chi connectivity index (χ1) is 11.6. The van der Waals surface area contributed by atoms with Crippen molar-refractivity contribution in [2.75, 3.05) is 6.54 Å². The summed E-state index contributed by atoms with van der Waals surface area (Å²) in [6.07, 6.45) is -4.66. The lowest BCUT2D eigenvalue weighted by Crippen LogP contribution is -2.44. The Hall–Kier alpha value is -2.59. The lowest BCUT2D eigenvalue weighted by atomic mass is 9.91. The molecule has 25 heavy (non-hydrogen) atoms. The zero-order valence-corrected chi connectivity index (χ0v) is 13.7. The van der Waals surface area contributed by atoms with Gasteiger partial charge in [0.1, 0.15) is 0 Å². The maximum absolute atomic E-state index is 14.0. The van der Waals surface area contributed by atoms with Gasteiger partial charge >= 0.3 is 6.18 Å². The van der Waals surface area contributed by atoms with Gasteiger partial charge in [-0.3, -0.25) is 10.2 Å². The second-order valence-electron chi connectivity index (χ2n) is 6.76. The number of benzene rings is 2. The van der Waals surface area contributed by atoms with Gasteiger partial charge in [-0.2, -0.15) is 18.4 Å². The number of hydrogen-bond acceptors (Lipinski definition) is 3. The molecule has 130 valence electrons. The quantitative estimate of drug-likeness (QED) is 0.901. The molecule has 1 aliphatic heterocycles. The summed E-state index contributed by atoms with van der Waals surface area (Å²) in [7, 11) is 0. The van der Waals surface area contributed by atoms with Crippen LogP contribution in [0.2, 0.25) is 0 Å². The summed E-state index contributed by atoms with van der Waals surface area (Å²) in [5, 5.41) is 11.2. The fourth-order valence-electron chi connectivity index (χ4n) is 3.16. The molecule has 0 saturated carbocycles. The number of alkyl halides is 3. The van der Waals surface area contributed by atoms with Gasteiger partial charge in [0.25, 0.3) is 0 Å². The minimum Gasteiger partial charge on any atom is -0.287 e. The second-order valence-corrected chi connectivity index (χ2v) is 6.76. The predicted octanol–water partition coefficient (Wildman–Crippen LogP) is 3.69. The van der Waals surface area contributed by atoms with Crippen molar-refractivity contribution >= 4 is 16.7 Å². The molecular weight excluding hydrogens is 331 g/mol. The Morgan fingerprint density at radius 1 is 1.24 bits per heavy atom. The molecule has 1 atom stereocenters. The van der Waals surface area contributed by atoms with Crippen LogP contribution in [-0.2, 0) is 4.79 Å². The zero-order valence-electron chi connectivity index (χ0n) is 13.7. The van der Waals surface area contributed by atoms with Crippen molar-refractivity contribution in [2.24, 2.45) is 5.41 Å². The largest absolute Gasteiger partial charge is 0.409 e. The van der Waals surface area contributed by atoms with Crippen LogP contribution in [0.25, 0.3) is 10.8 Å². The molecule has 2 aromatic rings. The molecular formula is C18H16F3N3O. The van der Waals surface area contributed by atoms with E-state index in [2.05, 4.69) is 5.43 Å². The Bertz CT molecular complexity index is 883. The van der Waals surface area contributed by atoms with Crippen molar-refractivity contribution in [2.45, 2.75) is 26.1 Å². The maximum Gasteiger partial charge on any atom is 0.409 e. The van der Waals surface area contributed by atoms with Crippen molar-refractivity contribution in [1.29, 1.82) is 5.26 Å². The molecule has 3 rings (SSSR count). The van der Waals surface area contributed by atoms with E-state index >= 15 is 0 Å². The van der Waals surface area contributed by atoms with Crippen LogP contribution in [0.3, 0.4) is 0 Å². The van der Waals surface area contributed by atoms with Gasteiger partial charge < -0.3 is 0 Å². The molecule has 0 radical (unpaired) electrons. The number of nitrogens with one attached hydrogen (secondary N) is 1. The number of nitriles is 1. The van der Waals surface area contributed by atoms with Crippen molar-refractivity contribution in [3.8, 4) is 6.07 Å². The third-order valence-corrected chi connectivity index (χ3v) is 4.41. The van der Waals surface area contributed by atoms with Gasteiger partial charge in [-0.05, 0) is 30.7 Å². The highest BCUT2D eigenvalue weighted by atomic mass is 19.4. The Morgan fingerprint density at radius 2 is 1.92 bits per heavy atom. The molecule has 0 aromatic heterocycles. The first-order valence-corrected chi connectivity index (χ1v) is 7.71. The summed E-state index contributed by atoms with van der Waals surface area (Å²) in [6, 6.07) is 9.38. The molecule has 2 aromatic carbocycles. The molecule has 7 heteroatoms. The molecule has 1 amide bonds. The van der Waals surface area contributed by atoms with E-state index in [-0.39, 0.29) is 17.7 Å². The number of carbonyl (C=O) groups excluding carboxylic acids is 1. The number of rotatable bonds is 2. The molecule has 0 bridgehead atoms. The van der Waals surface area contributed by atoms with Crippen molar-refractivity contribution in [3.63, 3.8) is 0 Å². The van der Waals surface area contributed by atoms with E-state index < -0.39 is 23.5 Å². The van der Waals surface area contributed by atoms with Crippen LogP contribution in [0.1, 0.15) is 31.0 Å². The molecule has 1 saturated heterocycles. The molecule has 1 fully saturated rings. The normalized spacial score (nSPS) is 18.8. The summed E-state index contributed by atoms with van der Waals surface area (Å²) in [4.78, 5) is 12.0. The van der Waals surface area contributed by atoms with Crippen LogP contribution in [-0.4, -0.2) is 23.6 Å². The monoisotopic (exact) mass is 347 g/mol. The molecule has 0 aliphatic carbocycles. The van der Waals surface area contributed by atoms with Crippen LogP contribution in [0.15, 0.2) is 36.4 Å². The average molecular weight is 347 g/mol. The number of amides is 1. The average Bonchev–Trinajstić information content (AvgIpc) is 2.79. The number of nitrogens with zero attached hydrogens (tertiary/aromatic N) is 2. The molecule has 0 unspecified atom stereocenters. The number of fused-ring (bicyclic) bond motifs is 1. The second kappa shape index (κ2) is 5.74. The van der Waals surface area contributed by atoms with Gasteiger partial charge in [-0.25, -0.2) is 5.01 Å². The van der Waals surface area contributed by atoms with Gasteiger partial charge in [-0.1, -0.05) is 30.3 Å². The van der Waals surface area contributed by atoms with E-state index in [0.29, 0.717) is 10.8 Å². The molecule has 1 aliphatic rings. The third kappa shape index (κ3) is 2.94. The van der Waals surface area contributed by atoms with E-state index in [1.165, 1.54) is 6.07 Å². The Balaban J connectivity index is 2.24. The number of hydrogen-bond donors (Lipinski definition) is 1. The van der Waals surface area contributed by atoms with Crippen molar-refractivity contribution < 1.29 is 18.0 Å².